The fraction of sp³-hybridized carbons (Fsp3) is 0.611. The second-order valence-electron chi connectivity index (χ2n) is 6.84. The Morgan fingerprint density at radius 1 is 1.39 bits per heavy atom. The third-order valence-electron chi connectivity index (χ3n) is 5.36. The molecule has 5 nitrogen and oxygen atoms in total. The molecular formula is C18H27N3O2. The van der Waals surface area contributed by atoms with Crippen LogP contribution in [0.4, 0.5) is 0 Å². The first-order valence-corrected chi connectivity index (χ1v) is 8.46. The molecule has 2 fully saturated rings. The molecule has 1 aromatic carbocycles. The molecule has 2 aliphatic rings. The topological polar surface area (TPSA) is 67.6 Å². The van der Waals surface area contributed by atoms with Crippen molar-refractivity contribution in [1.29, 1.82) is 0 Å². The number of hydrogen-bond acceptors (Lipinski definition) is 4. The second-order valence-corrected chi connectivity index (χ2v) is 6.84. The number of nitrogens with two attached hydrogens (primary N) is 1. The molecule has 126 valence electrons. The highest BCUT2D eigenvalue weighted by Gasteiger charge is 2.46. The fourth-order valence-electron chi connectivity index (χ4n) is 3.93. The van der Waals surface area contributed by atoms with Gasteiger partial charge in [0, 0.05) is 45.3 Å². The third-order valence-corrected chi connectivity index (χ3v) is 5.36. The quantitative estimate of drug-likeness (QED) is 0.849. The van der Waals surface area contributed by atoms with Gasteiger partial charge < -0.3 is 20.7 Å². The predicted octanol–water partition coefficient (Wildman–Crippen LogP) is 0.956. The highest BCUT2D eigenvalue weighted by molar-refractivity contribution is 5.84. The van der Waals surface area contributed by atoms with E-state index in [1.807, 2.05) is 23.1 Å². The van der Waals surface area contributed by atoms with Crippen LogP contribution in [-0.4, -0.2) is 56.7 Å². The number of amides is 1. The smallest absolute Gasteiger partial charge is 0.230 e. The fourth-order valence-corrected chi connectivity index (χ4v) is 3.93. The van der Waals surface area contributed by atoms with Crippen LogP contribution in [0.2, 0.25) is 0 Å². The van der Waals surface area contributed by atoms with Crippen molar-refractivity contribution in [3.63, 3.8) is 0 Å². The van der Waals surface area contributed by atoms with Crippen LogP contribution in [0.1, 0.15) is 24.3 Å². The van der Waals surface area contributed by atoms with Gasteiger partial charge in [0.25, 0.3) is 0 Å². The zero-order chi connectivity index (χ0) is 16.3. The normalized spacial score (nSPS) is 30.8. The summed E-state index contributed by atoms with van der Waals surface area (Å²) in [6.07, 6.45) is 1.66. The van der Waals surface area contributed by atoms with E-state index in [0.717, 1.165) is 32.5 Å². The Labute approximate surface area is 138 Å². The summed E-state index contributed by atoms with van der Waals surface area (Å²) in [6, 6.07) is 10.3. The van der Waals surface area contributed by atoms with Gasteiger partial charge in [0.1, 0.15) is 0 Å². The Balaban J connectivity index is 1.73. The van der Waals surface area contributed by atoms with E-state index >= 15 is 0 Å². The summed E-state index contributed by atoms with van der Waals surface area (Å²) in [6.45, 7) is 3.63. The lowest BCUT2D eigenvalue weighted by Crippen LogP contribution is -2.45. The SMILES string of the molecule is COCCC1(C(=O)N2C[C@@H](N)[C@H](c3ccccc3)C2)CCNC1. The molecule has 2 saturated heterocycles. The maximum Gasteiger partial charge on any atom is 0.230 e. The standard InChI is InChI=1S/C18H27N3O2/c1-23-10-8-18(7-9-20-13-18)17(22)21-11-15(16(19)12-21)14-5-3-2-4-6-14/h2-6,15-16,20H,7-13,19H2,1H3/t15-,16+,18?/m0/s1. The number of nitrogens with zero attached hydrogens (tertiary/aromatic N) is 1. The summed E-state index contributed by atoms with van der Waals surface area (Å²) >= 11 is 0. The van der Waals surface area contributed by atoms with Crippen LogP contribution in [0, 0.1) is 5.41 Å². The molecule has 0 bridgehead atoms. The first-order chi connectivity index (χ1) is 11.2. The van der Waals surface area contributed by atoms with Gasteiger partial charge >= 0.3 is 0 Å². The molecule has 1 aromatic rings. The molecule has 3 atom stereocenters. The van der Waals surface area contributed by atoms with Crippen molar-refractivity contribution in [2.75, 3.05) is 39.9 Å². The number of rotatable bonds is 5. The number of benzene rings is 1. The van der Waals surface area contributed by atoms with E-state index < -0.39 is 0 Å². The van der Waals surface area contributed by atoms with Gasteiger partial charge in [-0.15, -0.1) is 0 Å². The zero-order valence-electron chi connectivity index (χ0n) is 13.8. The van der Waals surface area contributed by atoms with Crippen molar-refractivity contribution in [3.05, 3.63) is 35.9 Å². The van der Waals surface area contributed by atoms with Crippen molar-refractivity contribution >= 4 is 5.91 Å². The van der Waals surface area contributed by atoms with Gasteiger partial charge in [-0.25, -0.2) is 0 Å². The van der Waals surface area contributed by atoms with Gasteiger partial charge in [-0.2, -0.15) is 0 Å². The molecule has 1 unspecified atom stereocenters. The molecule has 0 radical (unpaired) electrons. The van der Waals surface area contributed by atoms with E-state index in [1.54, 1.807) is 7.11 Å². The van der Waals surface area contributed by atoms with Crippen LogP contribution in [0.25, 0.3) is 0 Å². The van der Waals surface area contributed by atoms with E-state index in [4.69, 9.17) is 10.5 Å². The predicted molar refractivity (Wildman–Crippen MR) is 90.2 cm³/mol. The largest absolute Gasteiger partial charge is 0.385 e. The summed E-state index contributed by atoms with van der Waals surface area (Å²) in [5.74, 6) is 0.474. The second kappa shape index (κ2) is 6.99. The molecule has 3 N–H and O–H groups in total. The number of hydrogen-bond donors (Lipinski definition) is 2. The van der Waals surface area contributed by atoms with Crippen LogP contribution in [0.15, 0.2) is 30.3 Å². The minimum absolute atomic E-state index is 0.00943. The lowest BCUT2D eigenvalue weighted by molar-refractivity contribution is -0.141. The third kappa shape index (κ3) is 3.27. The molecule has 0 spiro atoms. The highest BCUT2D eigenvalue weighted by Crippen LogP contribution is 2.35. The van der Waals surface area contributed by atoms with Gasteiger partial charge in [0.05, 0.1) is 5.41 Å². The first-order valence-electron chi connectivity index (χ1n) is 8.46. The average Bonchev–Trinajstić information content (AvgIpc) is 3.21. The Morgan fingerprint density at radius 3 is 2.83 bits per heavy atom. The number of carbonyl (C=O) groups excluding carboxylic acids is 1. The number of methoxy groups -OCH3 is 1. The number of nitrogens with one attached hydrogen (secondary N) is 1. The molecule has 0 aromatic heterocycles. The summed E-state index contributed by atoms with van der Waals surface area (Å²) in [5, 5.41) is 3.35. The minimum atomic E-state index is -0.318. The van der Waals surface area contributed by atoms with Crippen molar-refractivity contribution in [1.82, 2.24) is 10.2 Å². The zero-order valence-corrected chi connectivity index (χ0v) is 13.8. The number of carbonyl (C=O) groups is 1. The molecule has 2 aliphatic heterocycles. The molecule has 0 saturated carbocycles. The Kier molecular flexibility index (Phi) is 4.99. The van der Waals surface area contributed by atoms with Crippen molar-refractivity contribution in [2.24, 2.45) is 11.1 Å². The number of likely N-dealkylation sites (tertiary alicyclic amines) is 1. The van der Waals surface area contributed by atoms with Gasteiger partial charge in [-0.1, -0.05) is 30.3 Å². The van der Waals surface area contributed by atoms with Gasteiger partial charge in [0.15, 0.2) is 0 Å². The number of ether oxygens (including phenoxy) is 1. The van der Waals surface area contributed by atoms with Crippen molar-refractivity contribution in [3.8, 4) is 0 Å². The molecule has 0 aliphatic carbocycles. The summed E-state index contributed by atoms with van der Waals surface area (Å²) in [4.78, 5) is 15.1. The summed E-state index contributed by atoms with van der Waals surface area (Å²) in [5.41, 5.74) is 7.26. The van der Waals surface area contributed by atoms with Crippen LogP contribution < -0.4 is 11.1 Å². The molecule has 23 heavy (non-hydrogen) atoms. The van der Waals surface area contributed by atoms with Crippen molar-refractivity contribution in [2.45, 2.75) is 24.8 Å². The van der Waals surface area contributed by atoms with E-state index in [9.17, 15) is 4.79 Å². The molecule has 1 amide bonds. The molecule has 5 heteroatoms. The van der Waals surface area contributed by atoms with Gasteiger partial charge in [-0.05, 0) is 24.9 Å². The van der Waals surface area contributed by atoms with Crippen LogP contribution in [0.5, 0.6) is 0 Å². The summed E-state index contributed by atoms with van der Waals surface area (Å²) < 4.78 is 5.23. The van der Waals surface area contributed by atoms with E-state index in [1.165, 1.54) is 5.56 Å². The Hall–Kier alpha value is -1.43. The molecule has 3 rings (SSSR count). The first kappa shape index (κ1) is 16.4. The highest BCUT2D eigenvalue weighted by atomic mass is 16.5. The Bertz CT molecular complexity index is 528. The van der Waals surface area contributed by atoms with E-state index in [-0.39, 0.29) is 23.3 Å². The minimum Gasteiger partial charge on any atom is -0.385 e. The van der Waals surface area contributed by atoms with Crippen molar-refractivity contribution < 1.29 is 9.53 Å². The average molecular weight is 317 g/mol. The summed E-state index contributed by atoms with van der Waals surface area (Å²) in [7, 11) is 1.69. The van der Waals surface area contributed by atoms with Gasteiger partial charge in [-0.3, -0.25) is 4.79 Å². The van der Waals surface area contributed by atoms with Gasteiger partial charge in [0.2, 0.25) is 5.91 Å². The lowest BCUT2D eigenvalue weighted by atomic mass is 9.82. The Morgan fingerprint density at radius 2 is 2.17 bits per heavy atom. The van der Waals surface area contributed by atoms with Crippen LogP contribution >= 0.6 is 0 Å². The maximum atomic E-state index is 13.2. The molecule has 2 heterocycles. The van der Waals surface area contributed by atoms with Crippen LogP contribution in [-0.2, 0) is 9.53 Å². The lowest BCUT2D eigenvalue weighted by Gasteiger charge is -2.31. The van der Waals surface area contributed by atoms with E-state index in [0.29, 0.717) is 13.2 Å². The van der Waals surface area contributed by atoms with E-state index in [2.05, 4.69) is 17.4 Å². The maximum absolute atomic E-state index is 13.2. The molecular weight excluding hydrogens is 290 g/mol. The van der Waals surface area contributed by atoms with Crippen LogP contribution in [0.3, 0.4) is 0 Å². The monoisotopic (exact) mass is 317 g/mol.